The molecule has 0 radical (unpaired) electrons. The first kappa shape index (κ1) is 23.3. The van der Waals surface area contributed by atoms with E-state index in [1.54, 1.807) is 0 Å². The third kappa shape index (κ3) is 4.23. The molecular formula is C25H31NO7. The van der Waals surface area contributed by atoms with Crippen molar-refractivity contribution in [3.8, 4) is 5.75 Å². The Bertz CT molecular complexity index is 1000. The van der Waals surface area contributed by atoms with Crippen molar-refractivity contribution in [3.05, 3.63) is 29.3 Å². The van der Waals surface area contributed by atoms with Crippen LogP contribution in [0, 0.1) is 17.3 Å². The molecular weight excluding hydrogens is 426 g/mol. The molecule has 0 aliphatic heterocycles. The topological polar surface area (TPSA) is 100 Å². The Kier molecular flexibility index (Phi) is 6.20. The van der Waals surface area contributed by atoms with Gasteiger partial charge in [0.2, 0.25) is 0 Å². The number of ether oxygens (including phenoxy) is 3. The molecule has 8 nitrogen and oxygen atoms in total. The van der Waals surface area contributed by atoms with Crippen LogP contribution in [-0.2, 0) is 28.7 Å². The molecule has 8 heteroatoms. The van der Waals surface area contributed by atoms with E-state index in [4.69, 9.17) is 19.0 Å². The lowest BCUT2D eigenvalue weighted by molar-refractivity contribution is -0.171. The normalized spacial score (nSPS) is 33.4. The zero-order chi connectivity index (χ0) is 23.9. The van der Waals surface area contributed by atoms with E-state index in [-0.39, 0.29) is 41.1 Å². The maximum absolute atomic E-state index is 11.9. The number of carbonyl (C=O) groups excluding carboxylic acids is 3. The zero-order valence-electron chi connectivity index (χ0n) is 19.8. The predicted molar refractivity (Wildman–Crippen MR) is 119 cm³/mol. The van der Waals surface area contributed by atoms with Gasteiger partial charge in [-0.1, -0.05) is 18.1 Å². The summed E-state index contributed by atoms with van der Waals surface area (Å²) in [6.07, 6.45) is 2.13. The molecule has 4 rings (SSSR count). The minimum atomic E-state index is -0.472. The van der Waals surface area contributed by atoms with Crippen LogP contribution in [0.2, 0.25) is 0 Å². The fourth-order valence-electron chi connectivity index (χ4n) is 6.48. The number of rotatable bonds is 4. The van der Waals surface area contributed by atoms with E-state index in [0.29, 0.717) is 18.6 Å². The molecule has 0 spiro atoms. The van der Waals surface area contributed by atoms with Gasteiger partial charge in [-0.15, -0.1) is 0 Å². The molecule has 2 fully saturated rings. The Morgan fingerprint density at radius 2 is 1.79 bits per heavy atom. The van der Waals surface area contributed by atoms with Crippen molar-refractivity contribution in [2.75, 3.05) is 7.11 Å². The molecule has 2 saturated carbocycles. The summed E-state index contributed by atoms with van der Waals surface area (Å²) in [4.78, 5) is 40.3. The lowest BCUT2D eigenvalue weighted by atomic mass is 9.55. The molecule has 178 valence electrons. The predicted octanol–water partition coefficient (Wildman–Crippen LogP) is 3.75. The zero-order valence-corrected chi connectivity index (χ0v) is 19.8. The molecule has 0 aromatic heterocycles. The molecule has 33 heavy (non-hydrogen) atoms. The molecule has 1 aromatic rings. The molecule has 3 aliphatic rings. The molecule has 0 bridgehead atoms. The number of benzene rings is 1. The number of hydrogen-bond donors (Lipinski definition) is 0. The highest BCUT2D eigenvalue weighted by molar-refractivity contribution is 6.03. The summed E-state index contributed by atoms with van der Waals surface area (Å²) >= 11 is 0. The molecule has 3 aliphatic carbocycles. The first-order chi connectivity index (χ1) is 15.6. The van der Waals surface area contributed by atoms with Gasteiger partial charge in [-0.2, -0.15) is 0 Å². The molecule has 0 heterocycles. The van der Waals surface area contributed by atoms with Crippen LogP contribution in [-0.4, -0.2) is 42.9 Å². The van der Waals surface area contributed by atoms with Crippen LogP contribution in [0.3, 0.4) is 0 Å². The van der Waals surface area contributed by atoms with Crippen LogP contribution in [0.4, 0.5) is 0 Å². The average molecular weight is 458 g/mol. The van der Waals surface area contributed by atoms with Crippen molar-refractivity contribution in [1.29, 1.82) is 0 Å². The van der Waals surface area contributed by atoms with Crippen LogP contribution in [0.25, 0.3) is 0 Å². The first-order valence-corrected chi connectivity index (χ1v) is 11.4. The van der Waals surface area contributed by atoms with E-state index in [1.807, 2.05) is 18.2 Å². The van der Waals surface area contributed by atoms with Crippen LogP contribution in [0.1, 0.15) is 70.4 Å². The Hall–Kier alpha value is -2.90. The van der Waals surface area contributed by atoms with Crippen molar-refractivity contribution < 1.29 is 33.4 Å². The number of hydrogen-bond acceptors (Lipinski definition) is 8. The molecule has 0 saturated heterocycles. The van der Waals surface area contributed by atoms with Crippen molar-refractivity contribution in [2.45, 2.75) is 71.5 Å². The van der Waals surface area contributed by atoms with E-state index >= 15 is 0 Å². The third-order valence-corrected chi connectivity index (χ3v) is 7.59. The Balaban J connectivity index is 1.72. The monoisotopic (exact) mass is 457 g/mol. The van der Waals surface area contributed by atoms with Gasteiger partial charge in [0.1, 0.15) is 25.1 Å². The molecule has 2 unspecified atom stereocenters. The van der Waals surface area contributed by atoms with Crippen molar-refractivity contribution in [2.24, 2.45) is 22.4 Å². The van der Waals surface area contributed by atoms with E-state index in [0.717, 1.165) is 29.7 Å². The van der Waals surface area contributed by atoms with E-state index in [1.165, 1.54) is 27.9 Å². The van der Waals surface area contributed by atoms with Gasteiger partial charge in [-0.25, -0.2) is 0 Å². The van der Waals surface area contributed by atoms with Gasteiger partial charge in [0.15, 0.2) is 0 Å². The quantitative estimate of drug-likeness (QED) is 0.386. The third-order valence-electron chi connectivity index (χ3n) is 7.59. The standard InChI is InChI=1S/C25H31NO7/c1-13(27)31-16-6-7-17-18-8-9-25(4)21(19(18)11-22(26-30-5)20(17)10-16)12-23(32-14(2)28)24(25)33-15(3)29/h6-7,10,18-19,21,23-24H,8-9,11-12H2,1-5H3/b26-22+/t18-,19-,21+,23?,24?,25+/m1/s1. The number of fused-ring (bicyclic) bond motifs is 5. The summed E-state index contributed by atoms with van der Waals surface area (Å²) in [5, 5.41) is 4.31. The molecule has 0 amide bonds. The van der Waals surface area contributed by atoms with Crippen molar-refractivity contribution in [1.82, 2.24) is 0 Å². The van der Waals surface area contributed by atoms with E-state index in [2.05, 4.69) is 12.1 Å². The Morgan fingerprint density at radius 1 is 1.06 bits per heavy atom. The van der Waals surface area contributed by atoms with Gasteiger partial charge in [0.25, 0.3) is 0 Å². The minimum Gasteiger partial charge on any atom is -0.459 e. The van der Waals surface area contributed by atoms with Crippen LogP contribution in [0.15, 0.2) is 23.4 Å². The van der Waals surface area contributed by atoms with Gasteiger partial charge >= 0.3 is 17.9 Å². The van der Waals surface area contributed by atoms with Gasteiger partial charge in [0, 0.05) is 31.7 Å². The summed E-state index contributed by atoms with van der Waals surface area (Å²) in [7, 11) is 1.52. The SMILES string of the molecule is CO/N=C1\C[C@@H]2[C@H](CC[C@]3(C)C(OC(C)=O)C(OC(C)=O)C[C@@H]23)c2ccc(OC(C)=O)cc21. The smallest absolute Gasteiger partial charge is 0.308 e. The maximum atomic E-state index is 11.9. The largest absolute Gasteiger partial charge is 0.459 e. The van der Waals surface area contributed by atoms with Crippen LogP contribution in [0.5, 0.6) is 5.75 Å². The van der Waals surface area contributed by atoms with E-state index in [9.17, 15) is 14.4 Å². The van der Waals surface area contributed by atoms with Crippen molar-refractivity contribution >= 4 is 23.6 Å². The number of nitrogens with zero attached hydrogens (tertiary/aromatic N) is 1. The number of oxime groups is 1. The summed E-state index contributed by atoms with van der Waals surface area (Å²) in [6, 6.07) is 5.69. The Labute approximate surface area is 193 Å². The Morgan fingerprint density at radius 3 is 2.42 bits per heavy atom. The highest BCUT2D eigenvalue weighted by Gasteiger charge is 2.61. The summed E-state index contributed by atoms with van der Waals surface area (Å²) in [6.45, 7) is 6.31. The number of esters is 3. The summed E-state index contributed by atoms with van der Waals surface area (Å²) in [5.41, 5.74) is 2.58. The number of carbonyl (C=O) groups is 3. The van der Waals surface area contributed by atoms with Crippen LogP contribution < -0.4 is 4.74 Å². The fraction of sp³-hybridized carbons (Fsp3) is 0.600. The van der Waals surface area contributed by atoms with Gasteiger partial charge in [0.05, 0.1) is 5.71 Å². The lowest BCUT2D eigenvalue weighted by Gasteiger charge is -2.50. The molecule has 0 N–H and O–H groups in total. The second-order valence-electron chi connectivity index (χ2n) is 9.60. The first-order valence-electron chi connectivity index (χ1n) is 11.4. The maximum Gasteiger partial charge on any atom is 0.308 e. The lowest BCUT2D eigenvalue weighted by Crippen LogP contribution is -2.47. The van der Waals surface area contributed by atoms with Gasteiger partial charge < -0.3 is 19.0 Å². The summed E-state index contributed by atoms with van der Waals surface area (Å²) < 4.78 is 16.7. The van der Waals surface area contributed by atoms with Gasteiger partial charge in [-0.05, 0) is 61.1 Å². The highest BCUT2D eigenvalue weighted by atomic mass is 16.6. The van der Waals surface area contributed by atoms with Crippen molar-refractivity contribution in [3.63, 3.8) is 0 Å². The second kappa shape index (κ2) is 8.80. The van der Waals surface area contributed by atoms with E-state index < -0.39 is 12.2 Å². The average Bonchev–Trinajstić information content (AvgIpc) is 2.99. The molecule has 1 aromatic carbocycles. The minimum absolute atomic E-state index is 0.174. The highest BCUT2D eigenvalue weighted by Crippen LogP contribution is 2.62. The van der Waals surface area contributed by atoms with Gasteiger partial charge in [-0.3, -0.25) is 14.4 Å². The summed E-state index contributed by atoms with van der Waals surface area (Å²) in [5.74, 6) is 0.0430. The van der Waals surface area contributed by atoms with Crippen LogP contribution >= 0.6 is 0 Å². The fourth-order valence-corrected chi connectivity index (χ4v) is 6.48. The second-order valence-corrected chi connectivity index (χ2v) is 9.60. The molecule has 6 atom stereocenters.